The van der Waals surface area contributed by atoms with Crippen LogP contribution in [0, 0.1) is 0 Å². The standard InChI is InChI=1S/C13H16BrN3/c14-9-4-5-13-12(6-9)16-8-17(13)11-3-1-2-10(15)7-11/h4-6,8,10-11H,1-3,7,15H2/t10-,11+/m1/s1. The van der Waals surface area contributed by atoms with Gasteiger partial charge in [-0.25, -0.2) is 4.98 Å². The van der Waals surface area contributed by atoms with Gasteiger partial charge in [-0.05, 0) is 43.9 Å². The summed E-state index contributed by atoms with van der Waals surface area (Å²) in [6.07, 6.45) is 6.63. The van der Waals surface area contributed by atoms with Gasteiger partial charge in [-0.2, -0.15) is 0 Å². The van der Waals surface area contributed by atoms with E-state index in [1.54, 1.807) is 0 Å². The minimum atomic E-state index is 0.349. The molecule has 1 heterocycles. The Morgan fingerprint density at radius 3 is 3.06 bits per heavy atom. The minimum Gasteiger partial charge on any atom is -0.328 e. The third kappa shape index (κ3) is 2.11. The Hall–Kier alpha value is -0.870. The maximum absolute atomic E-state index is 6.06. The van der Waals surface area contributed by atoms with E-state index < -0.39 is 0 Å². The molecular formula is C13H16BrN3. The first kappa shape index (κ1) is 11.2. The number of nitrogens with two attached hydrogens (primary N) is 1. The van der Waals surface area contributed by atoms with Gasteiger partial charge in [0.25, 0.3) is 0 Å². The molecule has 1 saturated carbocycles. The van der Waals surface area contributed by atoms with Gasteiger partial charge < -0.3 is 10.3 Å². The number of nitrogens with zero attached hydrogens (tertiary/aromatic N) is 2. The average Bonchev–Trinajstić information content (AvgIpc) is 2.71. The van der Waals surface area contributed by atoms with Gasteiger partial charge in [0.2, 0.25) is 0 Å². The number of hydrogen-bond acceptors (Lipinski definition) is 2. The van der Waals surface area contributed by atoms with Crippen molar-refractivity contribution >= 4 is 27.0 Å². The first-order chi connectivity index (χ1) is 8.24. The van der Waals surface area contributed by atoms with Crippen LogP contribution in [-0.2, 0) is 0 Å². The zero-order valence-corrected chi connectivity index (χ0v) is 11.2. The number of aromatic nitrogens is 2. The molecule has 1 aliphatic carbocycles. The van der Waals surface area contributed by atoms with Gasteiger partial charge in [-0.3, -0.25) is 0 Å². The van der Waals surface area contributed by atoms with E-state index in [-0.39, 0.29) is 0 Å². The molecule has 2 aromatic rings. The van der Waals surface area contributed by atoms with Crippen molar-refractivity contribution in [2.24, 2.45) is 5.73 Å². The summed E-state index contributed by atoms with van der Waals surface area (Å²) >= 11 is 3.48. The fourth-order valence-electron chi connectivity index (χ4n) is 2.75. The number of hydrogen-bond donors (Lipinski definition) is 1. The summed E-state index contributed by atoms with van der Waals surface area (Å²) in [5, 5.41) is 0. The predicted octanol–water partition coefficient (Wildman–Crippen LogP) is 3.24. The highest BCUT2D eigenvalue weighted by atomic mass is 79.9. The molecule has 0 spiro atoms. The largest absolute Gasteiger partial charge is 0.328 e. The Morgan fingerprint density at radius 1 is 1.35 bits per heavy atom. The lowest BCUT2D eigenvalue weighted by molar-refractivity contribution is 0.325. The number of imidazole rings is 1. The summed E-state index contributed by atoms with van der Waals surface area (Å²) in [7, 11) is 0. The van der Waals surface area contributed by atoms with Crippen LogP contribution in [0.5, 0.6) is 0 Å². The highest BCUT2D eigenvalue weighted by Crippen LogP contribution is 2.30. The molecule has 0 amide bonds. The highest BCUT2D eigenvalue weighted by molar-refractivity contribution is 9.10. The van der Waals surface area contributed by atoms with E-state index in [1.165, 1.54) is 18.4 Å². The fourth-order valence-corrected chi connectivity index (χ4v) is 3.10. The molecule has 1 fully saturated rings. The smallest absolute Gasteiger partial charge is 0.0960 e. The van der Waals surface area contributed by atoms with Crippen molar-refractivity contribution in [2.45, 2.75) is 37.8 Å². The van der Waals surface area contributed by atoms with Gasteiger partial charge in [-0.15, -0.1) is 0 Å². The summed E-state index contributed by atoms with van der Waals surface area (Å²) in [6.45, 7) is 0. The van der Waals surface area contributed by atoms with Gasteiger partial charge in [-0.1, -0.05) is 15.9 Å². The molecular weight excluding hydrogens is 278 g/mol. The maximum atomic E-state index is 6.06. The first-order valence-electron chi connectivity index (χ1n) is 6.12. The minimum absolute atomic E-state index is 0.349. The molecule has 0 bridgehead atoms. The lowest BCUT2D eigenvalue weighted by Gasteiger charge is -2.28. The summed E-state index contributed by atoms with van der Waals surface area (Å²) in [6, 6.07) is 7.14. The Bertz CT molecular complexity index is 534. The molecule has 0 aliphatic heterocycles. The molecule has 0 radical (unpaired) electrons. The third-order valence-electron chi connectivity index (χ3n) is 3.62. The zero-order valence-electron chi connectivity index (χ0n) is 9.64. The molecule has 17 heavy (non-hydrogen) atoms. The van der Waals surface area contributed by atoms with E-state index in [1.807, 2.05) is 6.33 Å². The second-order valence-corrected chi connectivity index (χ2v) is 5.78. The first-order valence-corrected chi connectivity index (χ1v) is 6.91. The van der Waals surface area contributed by atoms with E-state index in [9.17, 15) is 0 Å². The quantitative estimate of drug-likeness (QED) is 0.877. The molecule has 1 aromatic carbocycles. The Morgan fingerprint density at radius 2 is 2.24 bits per heavy atom. The number of benzene rings is 1. The van der Waals surface area contributed by atoms with Gasteiger partial charge in [0.15, 0.2) is 0 Å². The Kier molecular flexibility index (Phi) is 2.92. The zero-order chi connectivity index (χ0) is 11.8. The van der Waals surface area contributed by atoms with E-state index in [4.69, 9.17) is 5.73 Å². The van der Waals surface area contributed by atoms with Crippen molar-refractivity contribution < 1.29 is 0 Å². The van der Waals surface area contributed by atoms with E-state index in [2.05, 4.69) is 43.7 Å². The number of rotatable bonds is 1. The predicted molar refractivity (Wildman–Crippen MR) is 72.9 cm³/mol. The average molecular weight is 294 g/mol. The highest BCUT2D eigenvalue weighted by Gasteiger charge is 2.21. The van der Waals surface area contributed by atoms with Crippen molar-refractivity contribution in [2.75, 3.05) is 0 Å². The van der Waals surface area contributed by atoms with E-state index in [0.29, 0.717) is 12.1 Å². The van der Waals surface area contributed by atoms with Crippen molar-refractivity contribution in [3.8, 4) is 0 Å². The van der Waals surface area contributed by atoms with Crippen molar-refractivity contribution in [3.05, 3.63) is 29.0 Å². The SMILES string of the molecule is N[C@@H]1CCC[C@H](n2cnc3cc(Br)ccc32)C1. The van der Waals surface area contributed by atoms with Crippen LogP contribution < -0.4 is 5.73 Å². The molecule has 1 aromatic heterocycles. The number of halogens is 1. The summed E-state index contributed by atoms with van der Waals surface area (Å²) in [5.41, 5.74) is 8.33. The van der Waals surface area contributed by atoms with Crippen LogP contribution in [0.3, 0.4) is 0 Å². The second-order valence-electron chi connectivity index (χ2n) is 4.87. The second kappa shape index (κ2) is 4.42. The molecule has 3 rings (SSSR count). The monoisotopic (exact) mass is 293 g/mol. The molecule has 2 N–H and O–H groups in total. The van der Waals surface area contributed by atoms with Crippen molar-refractivity contribution in [3.63, 3.8) is 0 Å². The van der Waals surface area contributed by atoms with Gasteiger partial charge in [0, 0.05) is 16.6 Å². The Balaban J connectivity index is 1.99. The molecule has 0 unspecified atom stereocenters. The fraction of sp³-hybridized carbons (Fsp3) is 0.462. The van der Waals surface area contributed by atoms with Gasteiger partial charge in [0.1, 0.15) is 0 Å². The maximum Gasteiger partial charge on any atom is 0.0960 e. The van der Waals surface area contributed by atoms with Crippen molar-refractivity contribution in [1.82, 2.24) is 9.55 Å². The lowest BCUT2D eigenvalue weighted by atomic mass is 9.91. The molecule has 0 saturated heterocycles. The van der Waals surface area contributed by atoms with Crippen LogP contribution >= 0.6 is 15.9 Å². The van der Waals surface area contributed by atoms with Crippen LogP contribution in [0.15, 0.2) is 29.0 Å². The van der Waals surface area contributed by atoms with E-state index in [0.717, 1.165) is 22.8 Å². The topological polar surface area (TPSA) is 43.8 Å². The molecule has 90 valence electrons. The molecule has 4 heteroatoms. The van der Waals surface area contributed by atoms with Gasteiger partial charge in [0.05, 0.1) is 17.4 Å². The van der Waals surface area contributed by atoms with Crippen LogP contribution in [0.25, 0.3) is 11.0 Å². The summed E-state index contributed by atoms with van der Waals surface area (Å²) < 4.78 is 3.37. The third-order valence-corrected chi connectivity index (χ3v) is 4.11. The van der Waals surface area contributed by atoms with E-state index >= 15 is 0 Å². The van der Waals surface area contributed by atoms with Crippen LogP contribution in [-0.4, -0.2) is 15.6 Å². The Labute approximate surface area is 109 Å². The normalized spacial score (nSPS) is 25.3. The molecule has 1 aliphatic rings. The summed E-state index contributed by atoms with van der Waals surface area (Å²) in [4.78, 5) is 4.47. The summed E-state index contributed by atoms with van der Waals surface area (Å²) in [5.74, 6) is 0. The number of fused-ring (bicyclic) bond motifs is 1. The lowest BCUT2D eigenvalue weighted by Crippen LogP contribution is -2.29. The van der Waals surface area contributed by atoms with Crippen LogP contribution in [0.1, 0.15) is 31.7 Å². The van der Waals surface area contributed by atoms with Gasteiger partial charge >= 0.3 is 0 Å². The van der Waals surface area contributed by atoms with Crippen molar-refractivity contribution in [1.29, 1.82) is 0 Å². The molecule has 3 nitrogen and oxygen atoms in total. The van der Waals surface area contributed by atoms with Crippen LogP contribution in [0.2, 0.25) is 0 Å². The molecule has 2 atom stereocenters. The van der Waals surface area contributed by atoms with Crippen LogP contribution in [0.4, 0.5) is 0 Å².